The minimum atomic E-state index is -0.618. The van der Waals surface area contributed by atoms with Crippen LogP contribution in [0.3, 0.4) is 0 Å². The van der Waals surface area contributed by atoms with Gasteiger partial charge in [-0.15, -0.1) is 6.58 Å². The lowest BCUT2D eigenvalue weighted by atomic mass is 10.00. The van der Waals surface area contributed by atoms with Gasteiger partial charge in [-0.25, -0.2) is 0 Å². The van der Waals surface area contributed by atoms with E-state index in [0.29, 0.717) is 6.54 Å². The number of nitrogens with zero attached hydrogens (tertiary/aromatic N) is 3. The smallest absolute Gasteiger partial charge is 0.309 e. The Balaban J connectivity index is 1.73. The van der Waals surface area contributed by atoms with E-state index in [2.05, 4.69) is 64.2 Å². The van der Waals surface area contributed by atoms with E-state index >= 15 is 0 Å². The van der Waals surface area contributed by atoms with Crippen molar-refractivity contribution in [3.63, 3.8) is 0 Å². The highest BCUT2D eigenvalue weighted by atomic mass is 16.2. The quantitative estimate of drug-likeness (QED) is 0.548. The number of amides is 2. The summed E-state index contributed by atoms with van der Waals surface area (Å²) < 4.78 is 0. The first kappa shape index (κ1) is 20.4. The van der Waals surface area contributed by atoms with Crippen molar-refractivity contribution >= 4 is 17.5 Å². The van der Waals surface area contributed by atoms with Crippen molar-refractivity contribution in [2.75, 3.05) is 64.8 Å². The summed E-state index contributed by atoms with van der Waals surface area (Å²) in [7, 11) is 4.24. The van der Waals surface area contributed by atoms with E-state index < -0.39 is 11.8 Å². The Morgan fingerprint density at radius 2 is 1.82 bits per heavy atom. The summed E-state index contributed by atoms with van der Waals surface area (Å²) in [5.74, 6) is -1.21. The van der Waals surface area contributed by atoms with Crippen LogP contribution in [0.4, 0.5) is 5.69 Å². The first-order chi connectivity index (χ1) is 13.5. The number of carbonyl (C=O) groups excluding carboxylic acids is 2. The molecule has 2 N–H and O–H groups in total. The SMILES string of the molecule is C=CCNC(=O)C(=O)NCC(c1ccc2c(c1)CCN2C)N1CCN(C)CC1. The molecule has 3 rings (SSSR count). The number of likely N-dealkylation sites (N-methyl/N-ethyl adjacent to an activating group) is 2. The summed E-state index contributed by atoms with van der Waals surface area (Å²) in [5.41, 5.74) is 3.84. The Hall–Kier alpha value is -2.38. The Bertz CT molecular complexity index is 728. The van der Waals surface area contributed by atoms with Crippen LogP contribution in [0.25, 0.3) is 0 Å². The second kappa shape index (κ2) is 9.21. The second-order valence-electron chi connectivity index (χ2n) is 7.62. The molecule has 0 aromatic heterocycles. The van der Waals surface area contributed by atoms with E-state index in [1.165, 1.54) is 16.8 Å². The van der Waals surface area contributed by atoms with Crippen molar-refractivity contribution in [2.24, 2.45) is 0 Å². The predicted octanol–water partition coefficient (Wildman–Crippen LogP) is 0.386. The van der Waals surface area contributed by atoms with Crippen molar-refractivity contribution in [1.29, 1.82) is 0 Å². The fourth-order valence-corrected chi connectivity index (χ4v) is 3.90. The first-order valence-electron chi connectivity index (χ1n) is 9.93. The van der Waals surface area contributed by atoms with Crippen molar-refractivity contribution in [1.82, 2.24) is 20.4 Å². The zero-order chi connectivity index (χ0) is 20.1. The molecule has 2 amide bonds. The molecular formula is C21H31N5O2. The van der Waals surface area contributed by atoms with E-state index in [1.54, 1.807) is 6.08 Å². The van der Waals surface area contributed by atoms with Gasteiger partial charge in [0.25, 0.3) is 0 Å². The van der Waals surface area contributed by atoms with Crippen molar-refractivity contribution in [2.45, 2.75) is 12.5 Å². The summed E-state index contributed by atoms with van der Waals surface area (Å²) in [4.78, 5) is 31.0. The number of fused-ring (bicyclic) bond motifs is 1. The highest BCUT2D eigenvalue weighted by Crippen LogP contribution is 2.31. The Kier molecular flexibility index (Phi) is 6.70. The van der Waals surface area contributed by atoms with Gasteiger partial charge in [0.15, 0.2) is 0 Å². The number of nitrogens with one attached hydrogen (secondary N) is 2. The zero-order valence-corrected chi connectivity index (χ0v) is 16.9. The molecule has 1 unspecified atom stereocenters. The zero-order valence-electron chi connectivity index (χ0n) is 16.9. The average Bonchev–Trinajstić information content (AvgIpc) is 3.07. The minimum absolute atomic E-state index is 0.0565. The predicted molar refractivity (Wildman–Crippen MR) is 111 cm³/mol. The van der Waals surface area contributed by atoms with Crippen LogP contribution in [0.2, 0.25) is 0 Å². The van der Waals surface area contributed by atoms with Gasteiger partial charge in [0.1, 0.15) is 0 Å². The van der Waals surface area contributed by atoms with Crippen LogP contribution < -0.4 is 15.5 Å². The molecule has 0 radical (unpaired) electrons. The van der Waals surface area contributed by atoms with Gasteiger partial charge in [0.2, 0.25) is 0 Å². The molecular weight excluding hydrogens is 354 g/mol. The number of benzene rings is 1. The van der Waals surface area contributed by atoms with Gasteiger partial charge in [0, 0.05) is 58.5 Å². The lowest BCUT2D eigenvalue weighted by Gasteiger charge is -2.38. The fraction of sp³-hybridized carbons (Fsp3) is 0.524. The molecule has 1 atom stereocenters. The van der Waals surface area contributed by atoms with Gasteiger partial charge in [-0.3, -0.25) is 14.5 Å². The maximum atomic E-state index is 12.2. The number of rotatable bonds is 6. The number of piperazine rings is 1. The monoisotopic (exact) mass is 385 g/mol. The van der Waals surface area contributed by atoms with Gasteiger partial charge in [-0.1, -0.05) is 18.2 Å². The maximum Gasteiger partial charge on any atom is 0.309 e. The third-order valence-electron chi connectivity index (χ3n) is 5.66. The summed E-state index contributed by atoms with van der Waals surface area (Å²) in [6, 6.07) is 6.67. The molecule has 7 nitrogen and oxygen atoms in total. The largest absolute Gasteiger partial charge is 0.374 e. The normalized spacial score (nSPS) is 18.4. The molecule has 1 aromatic carbocycles. The molecule has 0 bridgehead atoms. The van der Waals surface area contributed by atoms with Crippen LogP contribution in [0.5, 0.6) is 0 Å². The highest BCUT2D eigenvalue weighted by molar-refractivity contribution is 6.35. The summed E-state index contributed by atoms with van der Waals surface area (Å²) in [6.45, 7) is 9.16. The standard InChI is InChI=1S/C21H31N5O2/c1-4-8-22-20(27)21(28)23-15-19(26-12-10-24(2)11-13-26)16-5-6-18-17(14-16)7-9-25(18)3/h4-6,14,19H,1,7-13,15H2,2-3H3,(H,22,27)(H,23,28). The third-order valence-corrected chi connectivity index (χ3v) is 5.66. The summed E-state index contributed by atoms with van der Waals surface area (Å²) in [6.07, 6.45) is 2.60. The van der Waals surface area contributed by atoms with E-state index in [1.807, 2.05) is 0 Å². The van der Waals surface area contributed by atoms with Crippen molar-refractivity contribution < 1.29 is 9.59 Å². The molecule has 7 heteroatoms. The van der Waals surface area contributed by atoms with Crippen LogP contribution in [-0.2, 0) is 16.0 Å². The van der Waals surface area contributed by atoms with Gasteiger partial charge < -0.3 is 20.4 Å². The number of hydrogen-bond acceptors (Lipinski definition) is 5. The number of hydrogen-bond donors (Lipinski definition) is 2. The molecule has 0 aliphatic carbocycles. The van der Waals surface area contributed by atoms with Crippen LogP contribution in [0.15, 0.2) is 30.9 Å². The van der Waals surface area contributed by atoms with E-state index in [0.717, 1.165) is 39.1 Å². The number of anilines is 1. The molecule has 2 aliphatic rings. The van der Waals surface area contributed by atoms with Crippen LogP contribution in [0.1, 0.15) is 17.2 Å². The maximum absolute atomic E-state index is 12.2. The van der Waals surface area contributed by atoms with Gasteiger partial charge in [-0.2, -0.15) is 0 Å². The Morgan fingerprint density at radius 3 is 2.54 bits per heavy atom. The molecule has 2 aliphatic heterocycles. The molecule has 1 aromatic rings. The molecule has 2 heterocycles. The van der Waals surface area contributed by atoms with Crippen LogP contribution in [-0.4, -0.2) is 81.5 Å². The molecule has 152 valence electrons. The van der Waals surface area contributed by atoms with Gasteiger partial charge in [0.05, 0.1) is 6.04 Å². The summed E-state index contributed by atoms with van der Waals surface area (Å²) >= 11 is 0. The van der Waals surface area contributed by atoms with E-state index in [4.69, 9.17) is 0 Å². The van der Waals surface area contributed by atoms with Gasteiger partial charge >= 0.3 is 11.8 Å². The molecule has 1 fully saturated rings. The lowest BCUT2D eigenvalue weighted by Crippen LogP contribution is -2.49. The fourth-order valence-electron chi connectivity index (χ4n) is 3.90. The topological polar surface area (TPSA) is 67.9 Å². The van der Waals surface area contributed by atoms with Gasteiger partial charge in [-0.05, 0) is 30.7 Å². The highest BCUT2D eigenvalue weighted by Gasteiger charge is 2.27. The molecule has 28 heavy (non-hydrogen) atoms. The number of carbonyl (C=O) groups is 2. The van der Waals surface area contributed by atoms with Crippen LogP contribution >= 0.6 is 0 Å². The molecule has 1 saturated heterocycles. The van der Waals surface area contributed by atoms with E-state index in [9.17, 15) is 9.59 Å². The molecule has 0 spiro atoms. The summed E-state index contributed by atoms with van der Waals surface area (Å²) in [5, 5.41) is 5.35. The second-order valence-corrected chi connectivity index (χ2v) is 7.62. The lowest BCUT2D eigenvalue weighted by molar-refractivity contribution is -0.139. The Labute approximate surface area is 167 Å². The molecule has 0 saturated carbocycles. The minimum Gasteiger partial charge on any atom is -0.374 e. The first-order valence-corrected chi connectivity index (χ1v) is 9.93. The van der Waals surface area contributed by atoms with Crippen molar-refractivity contribution in [3.8, 4) is 0 Å². The van der Waals surface area contributed by atoms with Crippen molar-refractivity contribution in [3.05, 3.63) is 42.0 Å². The third kappa shape index (κ3) is 4.72. The Morgan fingerprint density at radius 1 is 1.11 bits per heavy atom. The average molecular weight is 386 g/mol. The van der Waals surface area contributed by atoms with Crippen LogP contribution in [0, 0.1) is 0 Å². The van der Waals surface area contributed by atoms with E-state index in [-0.39, 0.29) is 12.6 Å².